The molecule has 5 nitrogen and oxygen atoms in total. The molecule has 7 heteroatoms. The van der Waals surface area contributed by atoms with E-state index in [9.17, 15) is 17.6 Å². The van der Waals surface area contributed by atoms with Crippen LogP contribution in [0.15, 0.2) is 53.4 Å². The summed E-state index contributed by atoms with van der Waals surface area (Å²) in [5.41, 5.74) is 0.606. The Hall–Kier alpha value is -2.25. The number of carbonyl (C=O) groups is 1. The van der Waals surface area contributed by atoms with E-state index in [1.165, 1.54) is 24.3 Å². The number of hydrogen-bond donors (Lipinski definition) is 1. The van der Waals surface area contributed by atoms with Crippen molar-refractivity contribution in [2.24, 2.45) is 5.92 Å². The molecular formula is C20H23FN2O3S. The molecular weight excluding hydrogens is 367 g/mol. The van der Waals surface area contributed by atoms with Crippen LogP contribution in [0.1, 0.15) is 35.7 Å². The minimum Gasteiger partial charge on any atom is -0.339 e. The highest BCUT2D eigenvalue weighted by molar-refractivity contribution is 7.89. The normalized spacial score (nSPS) is 15.7. The first-order valence-electron chi connectivity index (χ1n) is 8.99. The van der Waals surface area contributed by atoms with Crippen LogP contribution >= 0.6 is 0 Å². The topological polar surface area (TPSA) is 66.5 Å². The Balaban J connectivity index is 1.74. The quantitative estimate of drug-likeness (QED) is 0.853. The molecule has 0 atom stereocenters. The zero-order chi connectivity index (χ0) is 19.4. The fraction of sp³-hybridized carbons (Fsp3) is 0.350. The SMILES string of the molecule is CC1CCN(C(=O)c2cccc(S(=O)(=O)NCc3ccccc3F)c2)CC1. The first-order chi connectivity index (χ1) is 12.9. The van der Waals surface area contributed by atoms with E-state index in [2.05, 4.69) is 11.6 Å². The lowest BCUT2D eigenvalue weighted by Gasteiger charge is -2.30. The molecule has 0 aliphatic carbocycles. The molecule has 1 saturated heterocycles. The van der Waals surface area contributed by atoms with E-state index in [0.29, 0.717) is 24.6 Å². The maximum atomic E-state index is 13.7. The van der Waals surface area contributed by atoms with Gasteiger partial charge in [-0.2, -0.15) is 0 Å². The molecule has 1 heterocycles. The summed E-state index contributed by atoms with van der Waals surface area (Å²) in [7, 11) is -3.86. The van der Waals surface area contributed by atoms with Crippen LogP contribution in [0.3, 0.4) is 0 Å². The van der Waals surface area contributed by atoms with Crippen LogP contribution in [0.25, 0.3) is 0 Å². The number of sulfonamides is 1. The van der Waals surface area contributed by atoms with Gasteiger partial charge >= 0.3 is 0 Å². The zero-order valence-corrected chi connectivity index (χ0v) is 16.0. The fourth-order valence-corrected chi connectivity index (χ4v) is 4.14. The Labute approximate surface area is 159 Å². The van der Waals surface area contributed by atoms with E-state index in [1.54, 1.807) is 29.2 Å². The van der Waals surface area contributed by atoms with Crippen LogP contribution in [0.5, 0.6) is 0 Å². The molecule has 0 aromatic heterocycles. The van der Waals surface area contributed by atoms with Crippen molar-refractivity contribution < 1.29 is 17.6 Å². The maximum absolute atomic E-state index is 13.7. The van der Waals surface area contributed by atoms with Gasteiger partial charge in [0.15, 0.2) is 0 Å². The van der Waals surface area contributed by atoms with E-state index < -0.39 is 15.8 Å². The Bertz CT molecular complexity index is 922. The lowest BCUT2D eigenvalue weighted by atomic mass is 9.98. The minimum absolute atomic E-state index is 0.00457. The van der Waals surface area contributed by atoms with Crippen molar-refractivity contribution in [2.75, 3.05) is 13.1 Å². The van der Waals surface area contributed by atoms with Crippen molar-refractivity contribution in [1.29, 1.82) is 0 Å². The van der Waals surface area contributed by atoms with Crippen LogP contribution in [0.4, 0.5) is 4.39 Å². The third-order valence-electron chi connectivity index (χ3n) is 4.87. The number of piperidine rings is 1. The molecule has 0 unspecified atom stereocenters. The van der Waals surface area contributed by atoms with Gasteiger partial charge in [-0.15, -0.1) is 0 Å². The minimum atomic E-state index is -3.86. The van der Waals surface area contributed by atoms with Gasteiger partial charge in [-0.25, -0.2) is 17.5 Å². The largest absolute Gasteiger partial charge is 0.339 e. The molecule has 144 valence electrons. The van der Waals surface area contributed by atoms with Crippen molar-refractivity contribution >= 4 is 15.9 Å². The summed E-state index contributed by atoms with van der Waals surface area (Å²) in [4.78, 5) is 14.4. The number of carbonyl (C=O) groups excluding carboxylic acids is 1. The molecule has 2 aromatic carbocycles. The van der Waals surface area contributed by atoms with Crippen LogP contribution < -0.4 is 4.72 Å². The van der Waals surface area contributed by atoms with Gasteiger partial charge < -0.3 is 4.90 Å². The van der Waals surface area contributed by atoms with Gasteiger partial charge in [0, 0.05) is 30.8 Å². The van der Waals surface area contributed by atoms with Gasteiger partial charge in [-0.1, -0.05) is 31.2 Å². The van der Waals surface area contributed by atoms with Crippen LogP contribution in [0.2, 0.25) is 0 Å². The van der Waals surface area contributed by atoms with Crippen LogP contribution in [-0.2, 0) is 16.6 Å². The van der Waals surface area contributed by atoms with Gasteiger partial charge in [0.2, 0.25) is 10.0 Å². The average molecular weight is 390 g/mol. The summed E-state index contributed by atoms with van der Waals surface area (Å²) in [6.45, 7) is 3.37. The Morgan fingerprint density at radius 3 is 2.56 bits per heavy atom. The number of rotatable bonds is 5. The lowest BCUT2D eigenvalue weighted by Crippen LogP contribution is -2.38. The third-order valence-corrected chi connectivity index (χ3v) is 6.27. The van der Waals surface area contributed by atoms with Gasteiger partial charge in [0.05, 0.1) is 4.90 Å². The second-order valence-electron chi connectivity index (χ2n) is 6.92. The second kappa shape index (κ2) is 8.19. The first-order valence-corrected chi connectivity index (χ1v) is 10.5. The molecule has 0 spiro atoms. The highest BCUT2D eigenvalue weighted by atomic mass is 32.2. The standard InChI is InChI=1S/C20H23FN2O3S/c1-15-9-11-23(12-10-15)20(24)16-6-4-7-18(13-16)27(25,26)22-14-17-5-2-3-8-19(17)21/h2-8,13,15,22H,9-12,14H2,1H3. The number of hydrogen-bond acceptors (Lipinski definition) is 3. The average Bonchev–Trinajstić information content (AvgIpc) is 2.67. The number of halogens is 1. The van der Waals surface area contributed by atoms with Crippen LogP contribution in [-0.4, -0.2) is 32.3 Å². The Kier molecular flexibility index (Phi) is 5.92. The third kappa shape index (κ3) is 4.73. The lowest BCUT2D eigenvalue weighted by molar-refractivity contribution is 0.0697. The molecule has 1 N–H and O–H groups in total. The molecule has 1 amide bonds. The summed E-state index contributed by atoms with van der Waals surface area (Å²) >= 11 is 0. The number of benzene rings is 2. The van der Waals surface area contributed by atoms with E-state index >= 15 is 0 Å². The van der Waals surface area contributed by atoms with E-state index in [1.807, 2.05) is 0 Å². The molecule has 0 radical (unpaired) electrons. The second-order valence-corrected chi connectivity index (χ2v) is 8.69. The molecule has 1 aliphatic rings. The van der Waals surface area contributed by atoms with Crippen LogP contribution in [0, 0.1) is 11.7 Å². The fourth-order valence-electron chi connectivity index (χ4n) is 3.09. The smallest absolute Gasteiger partial charge is 0.253 e. The number of amides is 1. The van der Waals surface area contributed by atoms with Gasteiger partial charge in [0.1, 0.15) is 5.82 Å². The van der Waals surface area contributed by atoms with Crippen molar-refractivity contribution in [3.8, 4) is 0 Å². The number of nitrogens with one attached hydrogen (secondary N) is 1. The monoisotopic (exact) mass is 390 g/mol. The highest BCUT2D eigenvalue weighted by Crippen LogP contribution is 2.20. The molecule has 0 bridgehead atoms. The molecule has 1 fully saturated rings. The zero-order valence-electron chi connectivity index (χ0n) is 15.2. The maximum Gasteiger partial charge on any atom is 0.253 e. The molecule has 2 aromatic rings. The van der Waals surface area contributed by atoms with E-state index in [-0.39, 0.29) is 22.9 Å². The summed E-state index contributed by atoms with van der Waals surface area (Å²) in [6.07, 6.45) is 1.90. The number of nitrogens with zero attached hydrogens (tertiary/aromatic N) is 1. The predicted molar refractivity (Wildman–Crippen MR) is 101 cm³/mol. The van der Waals surface area contributed by atoms with Gasteiger partial charge in [-0.05, 0) is 43.0 Å². The van der Waals surface area contributed by atoms with Crippen molar-refractivity contribution in [1.82, 2.24) is 9.62 Å². The Morgan fingerprint density at radius 1 is 1.15 bits per heavy atom. The summed E-state index contributed by atoms with van der Waals surface area (Å²) in [5.74, 6) is -0.0279. The summed E-state index contributed by atoms with van der Waals surface area (Å²) in [5, 5.41) is 0. The predicted octanol–water partition coefficient (Wildman–Crippen LogP) is 3.18. The van der Waals surface area contributed by atoms with Crippen molar-refractivity contribution in [3.63, 3.8) is 0 Å². The first kappa shape index (κ1) is 19.5. The molecule has 27 heavy (non-hydrogen) atoms. The van der Waals surface area contributed by atoms with Crippen molar-refractivity contribution in [2.45, 2.75) is 31.2 Å². The Morgan fingerprint density at radius 2 is 1.85 bits per heavy atom. The molecule has 0 saturated carbocycles. The molecule has 3 rings (SSSR count). The summed E-state index contributed by atoms with van der Waals surface area (Å²) < 4.78 is 41.2. The summed E-state index contributed by atoms with van der Waals surface area (Å²) in [6, 6.07) is 12.0. The van der Waals surface area contributed by atoms with Gasteiger partial charge in [-0.3, -0.25) is 4.79 Å². The molecule has 1 aliphatic heterocycles. The van der Waals surface area contributed by atoms with Gasteiger partial charge in [0.25, 0.3) is 5.91 Å². The van der Waals surface area contributed by atoms with Crippen molar-refractivity contribution in [3.05, 3.63) is 65.5 Å². The van der Waals surface area contributed by atoms with E-state index in [0.717, 1.165) is 12.8 Å². The van der Waals surface area contributed by atoms with E-state index in [4.69, 9.17) is 0 Å². The number of likely N-dealkylation sites (tertiary alicyclic amines) is 1. The highest BCUT2D eigenvalue weighted by Gasteiger charge is 2.23.